The van der Waals surface area contributed by atoms with Gasteiger partial charge >= 0.3 is 6.03 Å². The summed E-state index contributed by atoms with van der Waals surface area (Å²) in [5.41, 5.74) is 3.76. The van der Waals surface area contributed by atoms with E-state index in [1.807, 2.05) is 13.8 Å². The molecule has 3 amide bonds. The molecule has 29 heavy (non-hydrogen) atoms. The Morgan fingerprint density at radius 3 is 2.48 bits per heavy atom. The largest absolute Gasteiger partial charge is 0.394 e. The van der Waals surface area contributed by atoms with Crippen molar-refractivity contribution >= 4 is 17.5 Å². The summed E-state index contributed by atoms with van der Waals surface area (Å²) in [5, 5.41) is 15.7. The van der Waals surface area contributed by atoms with Gasteiger partial charge in [-0.25, -0.2) is 4.79 Å². The fourth-order valence-corrected chi connectivity index (χ4v) is 4.52. The molecule has 1 aliphatic carbocycles. The first-order valence-corrected chi connectivity index (χ1v) is 10.8. The van der Waals surface area contributed by atoms with Crippen LogP contribution in [0.5, 0.6) is 0 Å². The first kappa shape index (κ1) is 21.4. The molecule has 0 aromatic heterocycles. The molecule has 6 nitrogen and oxygen atoms in total. The molecule has 0 bridgehead atoms. The van der Waals surface area contributed by atoms with Gasteiger partial charge in [-0.05, 0) is 42.4 Å². The van der Waals surface area contributed by atoms with Crippen LogP contribution in [0.2, 0.25) is 0 Å². The van der Waals surface area contributed by atoms with Gasteiger partial charge in [0.1, 0.15) is 0 Å². The van der Waals surface area contributed by atoms with E-state index in [1.54, 1.807) is 4.90 Å². The molecule has 0 unspecified atom stereocenters. The van der Waals surface area contributed by atoms with Crippen LogP contribution >= 0.6 is 0 Å². The molecule has 1 aromatic rings. The van der Waals surface area contributed by atoms with Crippen molar-refractivity contribution < 1.29 is 14.7 Å². The summed E-state index contributed by atoms with van der Waals surface area (Å²) in [5.74, 6) is 0.0161. The number of hydrogen-bond donors (Lipinski definition) is 3. The van der Waals surface area contributed by atoms with Gasteiger partial charge in [-0.3, -0.25) is 4.79 Å². The van der Waals surface area contributed by atoms with E-state index in [-0.39, 0.29) is 36.5 Å². The van der Waals surface area contributed by atoms with Crippen molar-refractivity contribution in [3.63, 3.8) is 0 Å². The van der Waals surface area contributed by atoms with E-state index in [9.17, 15) is 14.7 Å². The molecule has 1 fully saturated rings. The maximum atomic E-state index is 12.5. The maximum absolute atomic E-state index is 12.5. The summed E-state index contributed by atoms with van der Waals surface area (Å²) in [6, 6.07) is 7.89. The highest BCUT2D eigenvalue weighted by molar-refractivity contribution is 5.79. The molecule has 158 valence electrons. The van der Waals surface area contributed by atoms with Crippen LogP contribution in [-0.2, 0) is 4.79 Å². The van der Waals surface area contributed by atoms with Crippen LogP contribution in [0.3, 0.4) is 0 Å². The summed E-state index contributed by atoms with van der Waals surface area (Å²) in [6.45, 7) is 4.74. The van der Waals surface area contributed by atoms with Crippen LogP contribution < -0.4 is 10.6 Å². The lowest BCUT2D eigenvalue weighted by Crippen LogP contribution is -2.68. The number of amides is 3. The zero-order valence-electron chi connectivity index (χ0n) is 17.5. The smallest absolute Gasteiger partial charge is 0.314 e. The second-order valence-corrected chi connectivity index (χ2v) is 7.88. The monoisotopic (exact) mass is 399 g/mol. The lowest BCUT2D eigenvalue weighted by Gasteiger charge is -2.55. The van der Waals surface area contributed by atoms with Crippen LogP contribution in [0, 0.1) is 0 Å². The van der Waals surface area contributed by atoms with E-state index < -0.39 is 0 Å². The number of nitrogens with one attached hydrogen (secondary N) is 2. The Bertz CT molecular complexity index is 744. The van der Waals surface area contributed by atoms with E-state index in [0.29, 0.717) is 19.5 Å². The highest BCUT2D eigenvalue weighted by Gasteiger charge is 2.50. The van der Waals surface area contributed by atoms with E-state index >= 15 is 0 Å². The summed E-state index contributed by atoms with van der Waals surface area (Å²) < 4.78 is 0. The molecular formula is C23H33N3O3. The Labute approximate surface area is 173 Å². The van der Waals surface area contributed by atoms with Gasteiger partial charge in [0.15, 0.2) is 0 Å². The molecule has 1 aliphatic heterocycles. The number of urea groups is 1. The molecular weight excluding hydrogens is 366 g/mol. The van der Waals surface area contributed by atoms with E-state index in [0.717, 1.165) is 24.8 Å². The standard InChI is InChI=1S/C23H33N3O3/c1-3-13-24-23(29)25-14-19-22(20(15-27)26(19)21(28)4-2)18-11-9-17(10-12-18)16-7-5-6-8-16/h7,9-12,19-20,22,27H,3-6,8,13-15H2,1-2H3,(H2,24,25,29)/t19-,20-,22+/m0/s1. The molecule has 3 rings (SSSR count). The minimum atomic E-state index is -0.246. The third kappa shape index (κ3) is 4.64. The second-order valence-electron chi connectivity index (χ2n) is 7.88. The van der Waals surface area contributed by atoms with Crippen molar-refractivity contribution in [2.75, 3.05) is 19.7 Å². The predicted molar refractivity (Wildman–Crippen MR) is 115 cm³/mol. The first-order chi connectivity index (χ1) is 14.1. The molecule has 0 radical (unpaired) electrons. The quantitative estimate of drug-likeness (QED) is 0.628. The van der Waals surface area contributed by atoms with Crippen molar-refractivity contribution in [1.29, 1.82) is 0 Å². The highest BCUT2D eigenvalue weighted by atomic mass is 16.3. The van der Waals surface area contributed by atoms with Crippen LogP contribution in [0.4, 0.5) is 4.79 Å². The minimum absolute atomic E-state index is 0.00795. The van der Waals surface area contributed by atoms with Gasteiger partial charge in [0.2, 0.25) is 5.91 Å². The second kappa shape index (κ2) is 9.92. The van der Waals surface area contributed by atoms with Gasteiger partial charge in [0.05, 0.1) is 18.7 Å². The Balaban J connectivity index is 1.75. The lowest BCUT2D eigenvalue weighted by molar-refractivity contribution is -0.149. The zero-order valence-corrected chi connectivity index (χ0v) is 17.5. The fraction of sp³-hybridized carbons (Fsp3) is 0.565. The summed E-state index contributed by atoms with van der Waals surface area (Å²) in [6.07, 6.45) is 7.05. The minimum Gasteiger partial charge on any atom is -0.394 e. The Morgan fingerprint density at radius 1 is 1.14 bits per heavy atom. The number of hydrogen-bond acceptors (Lipinski definition) is 3. The van der Waals surface area contributed by atoms with Crippen molar-refractivity contribution in [2.24, 2.45) is 0 Å². The van der Waals surface area contributed by atoms with Crippen molar-refractivity contribution in [1.82, 2.24) is 15.5 Å². The normalized spacial score (nSPS) is 23.3. The number of likely N-dealkylation sites (tertiary alicyclic amines) is 1. The number of carbonyl (C=O) groups excluding carboxylic acids is 2. The zero-order chi connectivity index (χ0) is 20.8. The van der Waals surface area contributed by atoms with Gasteiger partial charge in [-0.15, -0.1) is 0 Å². The number of carbonyl (C=O) groups is 2. The van der Waals surface area contributed by atoms with Crippen LogP contribution in [-0.4, -0.2) is 53.7 Å². The molecule has 0 saturated carbocycles. The van der Waals surface area contributed by atoms with Crippen LogP contribution in [0.25, 0.3) is 5.57 Å². The van der Waals surface area contributed by atoms with E-state index in [1.165, 1.54) is 17.6 Å². The van der Waals surface area contributed by atoms with Crippen molar-refractivity contribution in [3.8, 4) is 0 Å². The number of rotatable bonds is 8. The molecule has 2 aliphatic rings. The number of benzene rings is 1. The topological polar surface area (TPSA) is 81.7 Å². The third-order valence-electron chi connectivity index (χ3n) is 6.04. The SMILES string of the molecule is CCCNC(=O)NC[C@H]1[C@@H](c2ccc(C3=CCCC3)cc2)[C@H](CO)N1C(=O)CC. The number of nitrogens with zero attached hydrogens (tertiary/aromatic N) is 1. The van der Waals surface area contributed by atoms with Crippen molar-refractivity contribution in [3.05, 3.63) is 41.5 Å². The van der Waals surface area contributed by atoms with Gasteiger partial charge in [-0.1, -0.05) is 44.2 Å². The van der Waals surface area contributed by atoms with Crippen LogP contribution in [0.1, 0.15) is 63.0 Å². The number of aliphatic hydroxyl groups is 1. The average molecular weight is 400 g/mol. The third-order valence-corrected chi connectivity index (χ3v) is 6.04. The van der Waals surface area contributed by atoms with Gasteiger partial charge in [0.25, 0.3) is 0 Å². The number of allylic oxidation sites excluding steroid dienone is 2. The fourth-order valence-electron chi connectivity index (χ4n) is 4.52. The summed E-state index contributed by atoms with van der Waals surface area (Å²) >= 11 is 0. The van der Waals surface area contributed by atoms with Crippen LogP contribution in [0.15, 0.2) is 30.3 Å². The highest BCUT2D eigenvalue weighted by Crippen LogP contribution is 2.41. The Morgan fingerprint density at radius 2 is 1.90 bits per heavy atom. The van der Waals surface area contributed by atoms with Crippen molar-refractivity contribution in [2.45, 2.75) is 64.0 Å². The molecule has 1 aromatic carbocycles. The van der Waals surface area contributed by atoms with Gasteiger partial charge in [0, 0.05) is 25.4 Å². The van der Waals surface area contributed by atoms with E-state index in [4.69, 9.17) is 0 Å². The average Bonchev–Trinajstić information content (AvgIpc) is 3.26. The summed E-state index contributed by atoms with van der Waals surface area (Å²) in [7, 11) is 0. The maximum Gasteiger partial charge on any atom is 0.314 e. The molecule has 1 saturated heterocycles. The Hall–Kier alpha value is -2.34. The molecule has 6 heteroatoms. The molecule has 1 heterocycles. The molecule has 3 N–H and O–H groups in total. The van der Waals surface area contributed by atoms with Gasteiger partial charge < -0.3 is 20.6 Å². The summed E-state index contributed by atoms with van der Waals surface area (Å²) in [4.78, 5) is 26.2. The first-order valence-electron chi connectivity index (χ1n) is 10.8. The lowest BCUT2D eigenvalue weighted by atomic mass is 9.74. The Kier molecular flexibility index (Phi) is 7.31. The van der Waals surface area contributed by atoms with E-state index in [2.05, 4.69) is 41.0 Å². The number of aliphatic hydroxyl groups excluding tert-OH is 1. The van der Waals surface area contributed by atoms with Gasteiger partial charge in [-0.2, -0.15) is 0 Å². The molecule has 0 spiro atoms. The molecule has 3 atom stereocenters. The predicted octanol–water partition coefficient (Wildman–Crippen LogP) is 3.03.